The predicted octanol–water partition coefficient (Wildman–Crippen LogP) is 3.69. The molecule has 0 aliphatic carbocycles. The van der Waals surface area contributed by atoms with Crippen molar-refractivity contribution in [3.8, 4) is 0 Å². The largest absolute Gasteiger partial charge is 0.298 e. The Bertz CT molecular complexity index is 155. The Kier molecular flexibility index (Phi) is 4.94. The monoisotopic (exact) mass is 197 g/mol. The molecule has 84 valence electrons. The topological polar surface area (TPSA) is 3.24 Å². The van der Waals surface area contributed by atoms with E-state index in [1.165, 1.54) is 38.6 Å². The highest BCUT2D eigenvalue weighted by Crippen LogP contribution is 2.23. The number of hydrogen-bond acceptors (Lipinski definition) is 1. The van der Waals surface area contributed by atoms with Gasteiger partial charge in [-0.15, -0.1) is 0 Å². The molecule has 0 amide bonds. The predicted molar refractivity (Wildman–Crippen MR) is 63.6 cm³/mol. The first kappa shape index (κ1) is 12.0. The zero-order valence-electron chi connectivity index (χ0n) is 10.4. The zero-order chi connectivity index (χ0) is 10.6. The third-order valence-corrected chi connectivity index (χ3v) is 3.81. The van der Waals surface area contributed by atoms with E-state index in [0.717, 1.165) is 18.0 Å². The van der Waals surface area contributed by atoms with Crippen LogP contribution in [0.15, 0.2) is 0 Å². The minimum Gasteiger partial charge on any atom is -0.298 e. The first-order valence-electron chi connectivity index (χ1n) is 6.40. The lowest BCUT2D eigenvalue weighted by atomic mass is 9.97. The number of rotatable bonds is 1. The van der Waals surface area contributed by atoms with Gasteiger partial charge >= 0.3 is 0 Å². The Balaban J connectivity index is 2.59. The highest BCUT2D eigenvalue weighted by Gasteiger charge is 2.21. The van der Waals surface area contributed by atoms with Gasteiger partial charge in [0.2, 0.25) is 0 Å². The standard InChI is InChI=1S/C13H27N/c1-5-14-12(3)9-7-6-8-11(2)10-13(14)4/h11-13H,5-10H2,1-4H3/t11-,12?,13?/m1/s1. The molecule has 1 heteroatoms. The molecule has 1 heterocycles. The van der Waals surface area contributed by atoms with E-state index in [4.69, 9.17) is 0 Å². The molecule has 1 rings (SSSR count). The summed E-state index contributed by atoms with van der Waals surface area (Å²) in [5.41, 5.74) is 0. The van der Waals surface area contributed by atoms with E-state index < -0.39 is 0 Å². The molecule has 0 N–H and O–H groups in total. The van der Waals surface area contributed by atoms with Crippen LogP contribution in [0.2, 0.25) is 0 Å². The van der Waals surface area contributed by atoms with Crippen LogP contribution in [0, 0.1) is 5.92 Å². The van der Waals surface area contributed by atoms with Crippen molar-refractivity contribution < 1.29 is 0 Å². The normalized spacial score (nSPS) is 37.3. The minimum atomic E-state index is 0.781. The van der Waals surface area contributed by atoms with Crippen LogP contribution in [0.1, 0.15) is 59.8 Å². The molecule has 0 saturated carbocycles. The maximum absolute atomic E-state index is 2.68. The van der Waals surface area contributed by atoms with Gasteiger partial charge in [-0.3, -0.25) is 4.90 Å². The van der Waals surface area contributed by atoms with Gasteiger partial charge in [-0.05, 0) is 39.2 Å². The molecular formula is C13H27N. The van der Waals surface area contributed by atoms with Crippen LogP contribution < -0.4 is 0 Å². The Labute approximate surface area is 89.9 Å². The van der Waals surface area contributed by atoms with E-state index in [2.05, 4.69) is 32.6 Å². The molecular weight excluding hydrogens is 170 g/mol. The third-order valence-electron chi connectivity index (χ3n) is 3.81. The number of nitrogens with zero attached hydrogens (tertiary/aromatic N) is 1. The van der Waals surface area contributed by atoms with E-state index in [1.54, 1.807) is 0 Å². The highest BCUT2D eigenvalue weighted by atomic mass is 15.2. The lowest BCUT2D eigenvalue weighted by Crippen LogP contribution is -2.40. The number of hydrogen-bond donors (Lipinski definition) is 0. The van der Waals surface area contributed by atoms with E-state index >= 15 is 0 Å². The molecule has 1 saturated heterocycles. The quantitative estimate of drug-likeness (QED) is 0.620. The Hall–Kier alpha value is -0.0400. The summed E-state index contributed by atoms with van der Waals surface area (Å²) in [5.74, 6) is 0.921. The summed E-state index contributed by atoms with van der Waals surface area (Å²) >= 11 is 0. The van der Waals surface area contributed by atoms with Gasteiger partial charge in [0.25, 0.3) is 0 Å². The van der Waals surface area contributed by atoms with Crippen LogP contribution in [0.25, 0.3) is 0 Å². The average molecular weight is 197 g/mol. The second-order valence-electron chi connectivity index (χ2n) is 5.15. The Morgan fingerprint density at radius 1 is 1.00 bits per heavy atom. The fourth-order valence-corrected chi connectivity index (χ4v) is 2.99. The van der Waals surface area contributed by atoms with E-state index in [9.17, 15) is 0 Å². The fourth-order valence-electron chi connectivity index (χ4n) is 2.99. The lowest BCUT2D eigenvalue weighted by molar-refractivity contribution is 0.141. The van der Waals surface area contributed by atoms with Gasteiger partial charge in [0.1, 0.15) is 0 Å². The first-order chi connectivity index (χ1) is 6.65. The lowest BCUT2D eigenvalue weighted by Gasteiger charge is -2.34. The van der Waals surface area contributed by atoms with Crippen molar-refractivity contribution in [3.63, 3.8) is 0 Å². The second kappa shape index (κ2) is 5.75. The van der Waals surface area contributed by atoms with Crippen molar-refractivity contribution in [3.05, 3.63) is 0 Å². The van der Waals surface area contributed by atoms with E-state index in [-0.39, 0.29) is 0 Å². The molecule has 14 heavy (non-hydrogen) atoms. The van der Waals surface area contributed by atoms with Crippen molar-refractivity contribution in [2.45, 2.75) is 71.9 Å². The molecule has 3 atom stereocenters. The van der Waals surface area contributed by atoms with Crippen LogP contribution in [0.5, 0.6) is 0 Å². The fraction of sp³-hybridized carbons (Fsp3) is 1.00. The highest BCUT2D eigenvalue weighted by molar-refractivity contribution is 4.76. The summed E-state index contributed by atoms with van der Waals surface area (Å²) < 4.78 is 0. The van der Waals surface area contributed by atoms with Crippen molar-refractivity contribution in [1.29, 1.82) is 0 Å². The second-order valence-corrected chi connectivity index (χ2v) is 5.15. The molecule has 0 radical (unpaired) electrons. The van der Waals surface area contributed by atoms with Gasteiger partial charge in [0, 0.05) is 12.1 Å². The van der Waals surface area contributed by atoms with Gasteiger partial charge in [-0.25, -0.2) is 0 Å². The summed E-state index contributed by atoms with van der Waals surface area (Å²) in [5, 5.41) is 0. The van der Waals surface area contributed by atoms with Crippen LogP contribution in [0.3, 0.4) is 0 Å². The molecule has 1 fully saturated rings. The van der Waals surface area contributed by atoms with Crippen LogP contribution in [-0.2, 0) is 0 Å². The molecule has 0 aromatic heterocycles. The van der Waals surface area contributed by atoms with Gasteiger partial charge in [-0.1, -0.05) is 33.1 Å². The minimum absolute atomic E-state index is 0.781. The molecule has 0 bridgehead atoms. The van der Waals surface area contributed by atoms with Gasteiger partial charge in [-0.2, -0.15) is 0 Å². The smallest absolute Gasteiger partial charge is 0.00721 e. The first-order valence-corrected chi connectivity index (χ1v) is 6.40. The van der Waals surface area contributed by atoms with Crippen molar-refractivity contribution >= 4 is 0 Å². The SMILES string of the molecule is CCN1C(C)CCCC[C@@H](C)CC1C. The Morgan fingerprint density at radius 2 is 1.64 bits per heavy atom. The van der Waals surface area contributed by atoms with E-state index in [0.29, 0.717) is 0 Å². The van der Waals surface area contributed by atoms with Crippen LogP contribution in [-0.4, -0.2) is 23.5 Å². The summed E-state index contributed by atoms with van der Waals surface area (Å²) in [6, 6.07) is 1.57. The maximum Gasteiger partial charge on any atom is 0.00721 e. The van der Waals surface area contributed by atoms with Gasteiger partial charge < -0.3 is 0 Å². The summed E-state index contributed by atoms with van der Waals surface area (Å²) in [6.45, 7) is 10.7. The summed E-state index contributed by atoms with van der Waals surface area (Å²) in [4.78, 5) is 2.68. The molecule has 1 nitrogen and oxygen atoms in total. The molecule has 1 aliphatic rings. The molecule has 0 spiro atoms. The maximum atomic E-state index is 2.68. The molecule has 1 aliphatic heterocycles. The summed E-state index contributed by atoms with van der Waals surface area (Å²) in [6.07, 6.45) is 7.09. The van der Waals surface area contributed by atoms with Crippen LogP contribution in [0.4, 0.5) is 0 Å². The Morgan fingerprint density at radius 3 is 2.29 bits per heavy atom. The zero-order valence-corrected chi connectivity index (χ0v) is 10.4. The molecule has 2 unspecified atom stereocenters. The van der Waals surface area contributed by atoms with Gasteiger partial charge in [0.15, 0.2) is 0 Å². The van der Waals surface area contributed by atoms with Crippen molar-refractivity contribution in [1.82, 2.24) is 4.90 Å². The average Bonchev–Trinajstić information content (AvgIpc) is 2.17. The third kappa shape index (κ3) is 3.27. The van der Waals surface area contributed by atoms with E-state index in [1.807, 2.05) is 0 Å². The molecule has 0 aromatic carbocycles. The molecule has 0 aromatic rings. The summed E-state index contributed by atoms with van der Waals surface area (Å²) in [7, 11) is 0. The van der Waals surface area contributed by atoms with Crippen molar-refractivity contribution in [2.75, 3.05) is 6.54 Å². The van der Waals surface area contributed by atoms with Gasteiger partial charge in [0.05, 0.1) is 0 Å². The van der Waals surface area contributed by atoms with Crippen molar-refractivity contribution in [2.24, 2.45) is 5.92 Å². The van der Waals surface area contributed by atoms with Crippen LogP contribution >= 0.6 is 0 Å².